The van der Waals surface area contributed by atoms with Gasteiger partial charge in [-0.2, -0.15) is 0 Å². The highest BCUT2D eigenvalue weighted by Crippen LogP contribution is 2.23. The van der Waals surface area contributed by atoms with Crippen molar-refractivity contribution < 1.29 is 9.59 Å². The number of carbonyl (C=O) groups is 2. The van der Waals surface area contributed by atoms with Crippen LogP contribution in [0.15, 0.2) is 57.5 Å². The quantitative estimate of drug-likeness (QED) is 0.666. The van der Waals surface area contributed by atoms with Crippen molar-refractivity contribution in [1.82, 2.24) is 9.80 Å². The molecule has 0 aliphatic carbocycles. The molecule has 1 aliphatic rings. The van der Waals surface area contributed by atoms with Crippen LogP contribution >= 0.6 is 31.9 Å². The van der Waals surface area contributed by atoms with Crippen LogP contribution in [-0.2, 0) is 0 Å². The number of halogens is 2. The molecular weight excluding hydrogens is 448 g/mol. The lowest BCUT2D eigenvalue weighted by Crippen LogP contribution is -2.55. The molecule has 2 amide bonds. The number of hydrogen-bond acceptors (Lipinski definition) is 2. The molecule has 1 heterocycles. The minimum Gasteiger partial charge on any atom is -0.335 e. The fourth-order valence-electron chi connectivity index (χ4n) is 3.04. The minimum absolute atomic E-state index is 0.00651. The molecule has 0 radical (unpaired) electrons. The third-order valence-electron chi connectivity index (χ3n) is 4.38. The molecule has 1 atom stereocenters. The SMILES string of the molecule is CC1CN(C(=O)c2ccccc2Br)CCN1C(=O)c1ccccc1Br. The summed E-state index contributed by atoms with van der Waals surface area (Å²) in [6.07, 6.45) is 0. The summed E-state index contributed by atoms with van der Waals surface area (Å²) in [7, 11) is 0. The molecule has 4 nitrogen and oxygen atoms in total. The molecule has 130 valence electrons. The second-order valence-electron chi connectivity index (χ2n) is 6.06. The number of rotatable bonds is 2. The van der Waals surface area contributed by atoms with E-state index in [-0.39, 0.29) is 17.9 Å². The summed E-state index contributed by atoms with van der Waals surface area (Å²) in [4.78, 5) is 29.2. The van der Waals surface area contributed by atoms with E-state index >= 15 is 0 Å². The van der Waals surface area contributed by atoms with Gasteiger partial charge in [0.25, 0.3) is 11.8 Å². The van der Waals surface area contributed by atoms with E-state index in [9.17, 15) is 9.59 Å². The standard InChI is InChI=1S/C19H18Br2N2O2/c1-13-12-22(18(24)14-6-2-4-8-16(14)20)10-11-23(13)19(25)15-7-3-5-9-17(15)21/h2-9,13H,10-12H2,1H3. The maximum atomic E-state index is 12.8. The van der Waals surface area contributed by atoms with Crippen LogP contribution in [0.3, 0.4) is 0 Å². The molecule has 2 aromatic rings. The fourth-order valence-corrected chi connectivity index (χ4v) is 3.95. The predicted molar refractivity (Wildman–Crippen MR) is 105 cm³/mol. The van der Waals surface area contributed by atoms with E-state index in [1.807, 2.05) is 65.3 Å². The summed E-state index contributed by atoms with van der Waals surface area (Å²) in [5, 5.41) is 0. The first-order chi connectivity index (χ1) is 12.0. The van der Waals surface area contributed by atoms with E-state index in [2.05, 4.69) is 31.9 Å². The Morgan fingerprint density at radius 2 is 1.40 bits per heavy atom. The highest BCUT2D eigenvalue weighted by atomic mass is 79.9. The smallest absolute Gasteiger partial charge is 0.255 e. The molecule has 0 N–H and O–H groups in total. The Hall–Kier alpha value is -1.66. The second kappa shape index (κ2) is 7.70. The van der Waals surface area contributed by atoms with Crippen molar-refractivity contribution in [2.24, 2.45) is 0 Å². The summed E-state index contributed by atoms with van der Waals surface area (Å²) >= 11 is 6.87. The van der Waals surface area contributed by atoms with E-state index in [0.717, 1.165) is 8.95 Å². The number of nitrogens with zero attached hydrogens (tertiary/aromatic N) is 2. The minimum atomic E-state index is -0.0419. The van der Waals surface area contributed by atoms with Gasteiger partial charge >= 0.3 is 0 Å². The number of benzene rings is 2. The van der Waals surface area contributed by atoms with Gasteiger partial charge in [0.1, 0.15) is 0 Å². The maximum Gasteiger partial charge on any atom is 0.255 e. The van der Waals surface area contributed by atoms with Gasteiger partial charge in [-0.15, -0.1) is 0 Å². The highest BCUT2D eigenvalue weighted by Gasteiger charge is 2.31. The Bertz CT molecular complexity index is 810. The lowest BCUT2D eigenvalue weighted by Gasteiger charge is -2.40. The Kier molecular flexibility index (Phi) is 5.59. The number of carbonyl (C=O) groups excluding carboxylic acids is 2. The molecule has 0 bridgehead atoms. The Labute approximate surface area is 164 Å². The van der Waals surface area contributed by atoms with E-state index in [1.165, 1.54) is 0 Å². The van der Waals surface area contributed by atoms with Crippen LogP contribution in [0, 0.1) is 0 Å². The number of amides is 2. The highest BCUT2D eigenvalue weighted by molar-refractivity contribution is 9.10. The molecule has 1 unspecified atom stereocenters. The largest absolute Gasteiger partial charge is 0.335 e. The molecule has 1 fully saturated rings. The van der Waals surface area contributed by atoms with Gasteiger partial charge in [-0.1, -0.05) is 24.3 Å². The summed E-state index contributed by atoms with van der Waals surface area (Å²) in [6.45, 7) is 3.56. The molecule has 0 saturated carbocycles. The van der Waals surface area contributed by atoms with Crippen molar-refractivity contribution in [3.8, 4) is 0 Å². The summed E-state index contributed by atoms with van der Waals surface area (Å²) in [5.41, 5.74) is 1.31. The van der Waals surface area contributed by atoms with Gasteiger partial charge < -0.3 is 9.80 Å². The van der Waals surface area contributed by atoms with Gasteiger partial charge in [-0.25, -0.2) is 0 Å². The topological polar surface area (TPSA) is 40.6 Å². The molecule has 25 heavy (non-hydrogen) atoms. The van der Waals surface area contributed by atoms with E-state index < -0.39 is 0 Å². The zero-order valence-corrected chi connectivity index (χ0v) is 17.0. The summed E-state index contributed by atoms with van der Waals surface area (Å²) < 4.78 is 1.58. The molecule has 6 heteroatoms. The van der Waals surface area contributed by atoms with Crippen LogP contribution in [0.4, 0.5) is 0 Å². The Balaban J connectivity index is 1.73. The molecular formula is C19H18Br2N2O2. The van der Waals surface area contributed by atoms with E-state index in [0.29, 0.717) is 30.8 Å². The molecule has 1 aliphatic heterocycles. The first kappa shape index (κ1) is 18.1. The first-order valence-corrected chi connectivity index (χ1v) is 9.67. The lowest BCUT2D eigenvalue weighted by molar-refractivity contribution is 0.0413. The van der Waals surface area contributed by atoms with Gasteiger partial charge in [0.15, 0.2) is 0 Å². The maximum absolute atomic E-state index is 12.8. The summed E-state index contributed by atoms with van der Waals surface area (Å²) in [5.74, 6) is -0.0136. The normalized spacial score (nSPS) is 17.5. The van der Waals surface area contributed by atoms with Crippen molar-refractivity contribution in [2.75, 3.05) is 19.6 Å². The van der Waals surface area contributed by atoms with Crippen LogP contribution in [0.25, 0.3) is 0 Å². The van der Waals surface area contributed by atoms with Crippen LogP contribution in [0.5, 0.6) is 0 Å². The average Bonchev–Trinajstić information content (AvgIpc) is 2.61. The third kappa shape index (κ3) is 3.80. The number of piperazine rings is 1. The van der Waals surface area contributed by atoms with Crippen molar-refractivity contribution >= 4 is 43.7 Å². The van der Waals surface area contributed by atoms with Gasteiger partial charge in [-0.05, 0) is 63.0 Å². The van der Waals surface area contributed by atoms with Crippen LogP contribution in [0.2, 0.25) is 0 Å². The Morgan fingerprint density at radius 1 is 0.880 bits per heavy atom. The summed E-state index contributed by atoms with van der Waals surface area (Å²) in [6, 6.07) is 14.8. The van der Waals surface area contributed by atoms with Crippen molar-refractivity contribution in [3.63, 3.8) is 0 Å². The zero-order chi connectivity index (χ0) is 18.0. The first-order valence-electron chi connectivity index (χ1n) is 8.08. The number of hydrogen-bond donors (Lipinski definition) is 0. The molecule has 0 spiro atoms. The van der Waals surface area contributed by atoms with Crippen molar-refractivity contribution in [2.45, 2.75) is 13.0 Å². The van der Waals surface area contributed by atoms with Crippen LogP contribution in [0.1, 0.15) is 27.6 Å². The predicted octanol–water partition coefficient (Wildman–Crippen LogP) is 4.20. The average molecular weight is 466 g/mol. The van der Waals surface area contributed by atoms with Gasteiger partial charge in [0.2, 0.25) is 0 Å². The van der Waals surface area contributed by atoms with E-state index in [4.69, 9.17) is 0 Å². The molecule has 1 saturated heterocycles. The molecule has 2 aromatic carbocycles. The van der Waals surface area contributed by atoms with E-state index in [1.54, 1.807) is 0 Å². The van der Waals surface area contributed by atoms with Crippen LogP contribution in [-0.4, -0.2) is 47.3 Å². The molecule has 0 aromatic heterocycles. The Morgan fingerprint density at radius 3 is 1.92 bits per heavy atom. The van der Waals surface area contributed by atoms with Crippen LogP contribution < -0.4 is 0 Å². The monoisotopic (exact) mass is 464 g/mol. The zero-order valence-electron chi connectivity index (χ0n) is 13.8. The molecule has 3 rings (SSSR count). The van der Waals surface area contributed by atoms with Crippen molar-refractivity contribution in [3.05, 3.63) is 68.6 Å². The fraction of sp³-hybridized carbons (Fsp3) is 0.263. The lowest BCUT2D eigenvalue weighted by atomic mass is 10.1. The third-order valence-corrected chi connectivity index (χ3v) is 5.77. The second-order valence-corrected chi connectivity index (χ2v) is 7.77. The van der Waals surface area contributed by atoms with Gasteiger partial charge in [-0.3, -0.25) is 9.59 Å². The van der Waals surface area contributed by atoms with Crippen molar-refractivity contribution in [1.29, 1.82) is 0 Å². The van der Waals surface area contributed by atoms with Gasteiger partial charge in [0, 0.05) is 34.6 Å². The van der Waals surface area contributed by atoms with Gasteiger partial charge in [0.05, 0.1) is 11.1 Å².